The second-order valence-corrected chi connectivity index (χ2v) is 4.73. The molecule has 1 unspecified atom stereocenters. The Labute approximate surface area is 160 Å². The monoisotopic (exact) mass is 332 g/mol. The number of hydrazone groups is 1. The number of carboxylic acids is 1. The van der Waals surface area contributed by atoms with Crippen molar-refractivity contribution in [1.82, 2.24) is 0 Å². The summed E-state index contributed by atoms with van der Waals surface area (Å²) in [5.74, 6) is -1.85. The van der Waals surface area contributed by atoms with Crippen molar-refractivity contribution < 1.29 is 14.7 Å². The van der Waals surface area contributed by atoms with Crippen LogP contribution in [0.5, 0.6) is 0 Å². The molecule has 0 radical (unpaired) electrons. The van der Waals surface area contributed by atoms with E-state index in [-0.39, 0.29) is 35.3 Å². The van der Waals surface area contributed by atoms with Gasteiger partial charge in [0.25, 0.3) is 5.91 Å². The number of aliphatic carboxylic acids is 1. The zero-order valence-corrected chi connectivity index (χ0v) is 11.9. The number of anilines is 1. The zero-order chi connectivity index (χ0) is 16.2. The number of rotatable bonds is 4. The molecule has 1 amide bonds. The van der Waals surface area contributed by atoms with Crippen molar-refractivity contribution in [3.05, 3.63) is 60.7 Å². The third-order valence-electron chi connectivity index (χ3n) is 3.17. The molecule has 2 aromatic carbocycles. The number of hydrogen-bond acceptors (Lipinski definition) is 5. The van der Waals surface area contributed by atoms with Gasteiger partial charge in [0.15, 0.2) is 5.71 Å². The SMILES string of the molecule is O=C(O)C1=NN(c2ccccc2)C(=O)C1/N=N/c1ccccc1.[NaH]. The summed E-state index contributed by atoms with van der Waals surface area (Å²) < 4.78 is 0. The van der Waals surface area contributed by atoms with Gasteiger partial charge in [-0.3, -0.25) is 4.79 Å². The predicted molar refractivity (Wildman–Crippen MR) is 90.9 cm³/mol. The number of carboxylic acid groups (broad SMARTS) is 1. The molecule has 0 bridgehead atoms. The fraction of sp³-hybridized carbons (Fsp3) is 0.0625. The number of benzene rings is 2. The molecule has 0 aliphatic carbocycles. The van der Waals surface area contributed by atoms with E-state index in [0.29, 0.717) is 11.4 Å². The first-order chi connectivity index (χ1) is 11.2. The average Bonchev–Trinajstić information content (AvgIpc) is 2.92. The molecule has 2 aromatic rings. The fourth-order valence-corrected chi connectivity index (χ4v) is 2.08. The van der Waals surface area contributed by atoms with Crippen molar-refractivity contribution in [1.29, 1.82) is 0 Å². The Balaban J connectivity index is 0.00000208. The van der Waals surface area contributed by atoms with Crippen LogP contribution in [0.1, 0.15) is 0 Å². The van der Waals surface area contributed by atoms with Crippen LogP contribution in [0.2, 0.25) is 0 Å². The van der Waals surface area contributed by atoms with E-state index >= 15 is 0 Å². The second kappa shape index (κ2) is 7.96. The summed E-state index contributed by atoms with van der Waals surface area (Å²) in [7, 11) is 0. The van der Waals surface area contributed by atoms with E-state index in [0.717, 1.165) is 5.01 Å². The van der Waals surface area contributed by atoms with Gasteiger partial charge in [-0.05, 0) is 24.3 Å². The summed E-state index contributed by atoms with van der Waals surface area (Å²) in [6, 6.07) is 16.1. The summed E-state index contributed by atoms with van der Waals surface area (Å²) in [6.45, 7) is 0. The van der Waals surface area contributed by atoms with Crippen molar-refractivity contribution >= 4 is 58.5 Å². The normalized spacial score (nSPS) is 16.8. The molecule has 8 heteroatoms. The molecule has 0 spiro atoms. The molecule has 1 aliphatic heterocycles. The van der Waals surface area contributed by atoms with E-state index in [4.69, 9.17) is 0 Å². The van der Waals surface area contributed by atoms with E-state index in [1.807, 2.05) is 6.07 Å². The molecule has 0 saturated carbocycles. The Morgan fingerprint density at radius 3 is 2.21 bits per heavy atom. The van der Waals surface area contributed by atoms with E-state index in [1.165, 1.54) is 0 Å². The van der Waals surface area contributed by atoms with Gasteiger partial charge in [-0.25, -0.2) is 4.79 Å². The molecule has 116 valence electrons. The first-order valence-corrected chi connectivity index (χ1v) is 6.83. The van der Waals surface area contributed by atoms with Gasteiger partial charge in [-0.2, -0.15) is 20.3 Å². The van der Waals surface area contributed by atoms with Gasteiger partial charge < -0.3 is 5.11 Å². The topological polar surface area (TPSA) is 94.7 Å². The summed E-state index contributed by atoms with van der Waals surface area (Å²) in [5.41, 5.74) is 0.662. The molecule has 0 fully saturated rings. The molecule has 7 nitrogen and oxygen atoms in total. The Morgan fingerprint density at radius 1 is 1.04 bits per heavy atom. The van der Waals surface area contributed by atoms with Crippen LogP contribution in [-0.4, -0.2) is 58.3 Å². The number of nitrogens with zero attached hydrogens (tertiary/aromatic N) is 4. The quantitative estimate of drug-likeness (QED) is 0.685. The van der Waals surface area contributed by atoms with Crippen molar-refractivity contribution in [2.45, 2.75) is 6.04 Å². The maximum absolute atomic E-state index is 12.4. The van der Waals surface area contributed by atoms with Gasteiger partial charge in [0, 0.05) is 0 Å². The van der Waals surface area contributed by atoms with Crippen LogP contribution in [0.3, 0.4) is 0 Å². The summed E-state index contributed by atoms with van der Waals surface area (Å²) in [4.78, 5) is 23.8. The third-order valence-corrected chi connectivity index (χ3v) is 3.17. The standard InChI is InChI=1S/C16H12N4O3.Na.H/c21-15-13(18-17-11-7-3-1-4-8-11)14(16(22)23)19-20(15)12-9-5-2-6-10-12;;/h1-10,13H,(H,22,23);;/b18-17+;;. The Hall–Kier alpha value is -2.35. The van der Waals surface area contributed by atoms with Crippen LogP contribution < -0.4 is 5.01 Å². The first-order valence-electron chi connectivity index (χ1n) is 6.83. The van der Waals surface area contributed by atoms with Gasteiger partial charge in [-0.15, -0.1) is 0 Å². The van der Waals surface area contributed by atoms with Crippen LogP contribution in [0.25, 0.3) is 0 Å². The Morgan fingerprint density at radius 2 is 1.62 bits per heavy atom. The summed E-state index contributed by atoms with van der Waals surface area (Å²) in [5, 5.41) is 22.0. The molecule has 24 heavy (non-hydrogen) atoms. The summed E-state index contributed by atoms with van der Waals surface area (Å²) >= 11 is 0. The van der Waals surface area contributed by atoms with Gasteiger partial charge in [0.1, 0.15) is 0 Å². The van der Waals surface area contributed by atoms with E-state index in [1.54, 1.807) is 54.6 Å². The van der Waals surface area contributed by atoms with Gasteiger partial charge >= 0.3 is 35.5 Å². The van der Waals surface area contributed by atoms with E-state index < -0.39 is 17.9 Å². The molecule has 0 saturated heterocycles. The van der Waals surface area contributed by atoms with Gasteiger partial charge in [0.05, 0.1) is 11.4 Å². The molecule has 1 heterocycles. The summed E-state index contributed by atoms with van der Waals surface area (Å²) in [6.07, 6.45) is 0. The van der Waals surface area contributed by atoms with Gasteiger partial charge in [0.2, 0.25) is 6.04 Å². The molecular formula is C16H13N4NaO3. The van der Waals surface area contributed by atoms with E-state index in [2.05, 4.69) is 15.3 Å². The van der Waals surface area contributed by atoms with Crippen LogP contribution in [0, 0.1) is 0 Å². The molecule has 1 atom stereocenters. The number of para-hydroxylation sites is 1. The van der Waals surface area contributed by atoms with Crippen molar-refractivity contribution in [3.63, 3.8) is 0 Å². The van der Waals surface area contributed by atoms with Crippen molar-refractivity contribution in [2.24, 2.45) is 15.3 Å². The molecule has 0 aromatic heterocycles. The van der Waals surface area contributed by atoms with E-state index in [9.17, 15) is 14.7 Å². The number of carbonyl (C=O) groups is 2. The molecule has 3 rings (SSSR count). The molecule has 1 N–H and O–H groups in total. The van der Waals surface area contributed by atoms with Crippen LogP contribution in [-0.2, 0) is 9.59 Å². The molecular weight excluding hydrogens is 319 g/mol. The third kappa shape index (κ3) is 3.76. The Kier molecular flexibility index (Phi) is 5.97. The first kappa shape index (κ1) is 18.0. The molecule has 1 aliphatic rings. The number of azo groups is 1. The predicted octanol–water partition coefficient (Wildman–Crippen LogP) is 1.98. The minimum absolute atomic E-state index is 0. The maximum atomic E-state index is 12.4. The van der Waals surface area contributed by atoms with Gasteiger partial charge in [-0.1, -0.05) is 36.4 Å². The van der Waals surface area contributed by atoms with Crippen LogP contribution in [0.4, 0.5) is 11.4 Å². The Bertz CT molecular complexity index is 793. The average molecular weight is 332 g/mol. The zero-order valence-electron chi connectivity index (χ0n) is 11.9. The fourth-order valence-electron chi connectivity index (χ4n) is 2.08. The van der Waals surface area contributed by atoms with Crippen LogP contribution >= 0.6 is 0 Å². The van der Waals surface area contributed by atoms with Crippen LogP contribution in [0.15, 0.2) is 76.0 Å². The van der Waals surface area contributed by atoms with Crippen molar-refractivity contribution in [3.8, 4) is 0 Å². The number of amides is 1. The minimum atomic E-state index is -1.30. The van der Waals surface area contributed by atoms with Crippen molar-refractivity contribution in [2.75, 3.05) is 5.01 Å². The number of hydrogen-bond donors (Lipinski definition) is 1. The number of carbonyl (C=O) groups excluding carboxylic acids is 1. The second-order valence-electron chi connectivity index (χ2n) is 4.73.